The first-order valence-electron chi connectivity index (χ1n) is 11.1. The van der Waals surface area contributed by atoms with Crippen molar-refractivity contribution in [2.45, 2.75) is 39.1 Å². The standard InChI is InChI=1S/C26H29N3O4S/c1-18-15-22(19(2)28(18)14-13-20-9-11-21(33-3)12-10-20)25(30)16-29-24-8-6-5-7-23(24)27-26(29)17-34(4,31)32/h5-12,15H,13-14,16-17H2,1-4H3. The third kappa shape index (κ3) is 5.07. The second-order valence-electron chi connectivity index (χ2n) is 8.63. The van der Waals surface area contributed by atoms with Crippen LogP contribution in [0.5, 0.6) is 5.75 Å². The molecule has 8 heteroatoms. The Bertz CT molecular complexity index is 1450. The molecule has 4 rings (SSSR count). The van der Waals surface area contributed by atoms with Gasteiger partial charge in [0.25, 0.3) is 0 Å². The molecule has 0 atom stereocenters. The SMILES string of the molecule is COc1ccc(CCn2c(C)cc(C(=O)Cn3c(CS(C)(=O)=O)nc4ccccc43)c2C)cc1. The van der Waals surface area contributed by atoms with E-state index in [1.54, 1.807) is 11.7 Å². The minimum Gasteiger partial charge on any atom is -0.497 e. The van der Waals surface area contributed by atoms with Crippen molar-refractivity contribution in [3.05, 3.63) is 82.9 Å². The number of carbonyl (C=O) groups excluding carboxylic acids is 1. The Morgan fingerprint density at radius 3 is 2.41 bits per heavy atom. The number of methoxy groups -OCH3 is 1. The number of Topliss-reactive ketones (excluding diaryl/α,β-unsaturated/α-hetero) is 1. The summed E-state index contributed by atoms with van der Waals surface area (Å²) in [5, 5.41) is 0. The molecular formula is C26H29N3O4S. The zero-order valence-electron chi connectivity index (χ0n) is 19.9. The van der Waals surface area contributed by atoms with Gasteiger partial charge in [0.2, 0.25) is 0 Å². The van der Waals surface area contributed by atoms with Gasteiger partial charge < -0.3 is 13.9 Å². The molecule has 0 amide bonds. The molecule has 2 aromatic carbocycles. The van der Waals surface area contributed by atoms with Crippen LogP contribution in [0.25, 0.3) is 11.0 Å². The van der Waals surface area contributed by atoms with Crippen molar-refractivity contribution in [1.29, 1.82) is 0 Å². The second-order valence-corrected chi connectivity index (χ2v) is 10.8. The molecule has 0 aliphatic carbocycles. The molecule has 0 spiro atoms. The summed E-state index contributed by atoms with van der Waals surface area (Å²) in [7, 11) is -1.65. The smallest absolute Gasteiger partial charge is 0.184 e. The Balaban J connectivity index is 1.58. The van der Waals surface area contributed by atoms with Gasteiger partial charge in [0.15, 0.2) is 15.6 Å². The van der Waals surface area contributed by atoms with Crippen molar-refractivity contribution in [3.63, 3.8) is 0 Å². The summed E-state index contributed by atoms with van der Waals surface area (Å²) in [4.78, 5) is 17.9. The second kappa shape index (κ2) is 9.46. The lowest BCUT2D eigenvalue weighted by molar-refractivity contribution is 0.0971. The largest absolute Gasteiger partial charge is 0.497 e. The fourth-order valence-corrected chi connectivity index (χ4v) is 5.03. The van der Waals surface area contributed by atoms with Crippen molar-refractivity contribution in [1.82, 2.24) is 14.1 Å². The lowest BCUT2D eigenvalue weighted by Crippen LogP contribution is -2.16. The Morgan fingerprint density at radius 2 is 1.74 bits per heavy atom. The molecule has 2 aromatic heterocycles. The van der Waals surface area contributed by atoms with Crippen molar-refractivity contribution in [2.24, 2.45) is 0 Å². The summed E-state index contributed by atoms with van der Waals surface area (Å²) in [5.74, 6) is 0.926. The number of nitrogens with zero attached hydrogens (tertiary/aromatic N) is 3. The van der Waals surface area contributed by atoms with Gasteiger partial charge in [-0.3, -0.25) is 4.79 Å². The van der Waals surface area contributed by atoms with E-state index in [0.717, 1.165) is 35.6 Å². The maximum Gasteiger partial charge on any atom is 0.184 e. The van der Waals surface area contributed by atoms with E-state index in [0.29, 0.717) is 16.9 Å². The van der Waals surface area contributed by atoms with Gasteiger partial charge >= 0.3 is 0 Å². The van der Waals surface area contributed by atoms with Crippen LogP contribution >= 0.6 is 0 Å². The zero-order valence-corrected chi connectivity index (χ0v) is 20.7. The van der Waals surface area contributed by atoms with E-state index in [1.165, 1.54) is 11.8 Å². The predicted molar refractivity (Wildman–Crippen MR) is 133 cm³/mol. The monoisotopic (exact) mass is 479 g/mol. The number of carbonyl (C=O) groups is 1. The molecule has 178 valence electrons. The number of rotatable bonds is 9. The quantitative estimate of drug-likeness (QED) is 0.337. The molecule has 2 heterocycles. The molecule has 0 fully saturated rings. The highest BCUT2D eigenvalue weighted by atomic mass is 32.2. The number of aromatic nitrogens is 3. The molecule has 0 saturated heterocycles. The fraction of sp³-hybridized carbons (Fsp3) is 0.308. The summed E-state index contributed by atoms with van der Waals surface area (Å²) in [6.07, 6.45) is 2.01. The van der Waals surface area contributed by atoms with Crippen molar-refractivity contribution in [2.75, 3.05) is 13.4 Å². The lowest BCUT2D eigenvalue weighted by atomic mass is 10.1. The summed E-state index contributed by atoms with van der Waals surface area (Å²) in [6.45, 7) is 4.75. The number of ketones is 1. The summed E-state index contributed by atoms with van der Waals surface area (Å²) >= 11 is 0. The summed E-state index contributed by atoms with van der Waals surface area (Å²) in [5.41, 5.74) is 5.19. The van der Waals surface area contributed by atoms with Gasteiger partial charge in [-0.15, -0.1) is 0 Å². The first-order chi connectivity index (χ1) is 16.2. The van der Waals surface area contributed by atoms with Crippen molar-refractivity contribution >= 4 is 26.7 Å². The number of aryl methyl sites for hydroxylation is 2. The van der Waals surface area contributed by atoms with Crippen LogP contribution in [0.15, 0.2) is 54.6 Å². The topological polar surface area (TPSA) is 83.2 Å². The molecule has 7 nitrogen and oxygen atoms in total. The maximum atomic E-state index is 13.4. The molecule has 0 unspecified atom stereocenters. The summed E-state index contributed by atoms with van der Waals surface area (Å²) in [6, 6.07) is 17.3. The van der Waals surface area contributed by atoms with Crippen LogP contribution in [0.1, 0.15) is 33.1 Å². The average molecular weight is 480 g/mol. The number of hydrogen-bond donors (Lipinski definition) is 0. The van der Waals surface area contributed by atoms with E-state index in [2.05, 4.69) is 9.55 Å². The van der Waals surface area contributed by atoms with E-state index in [-0.39, 0.29) is 18.1 Å². The van der Waals surface area contributed by atoms with Crippen molar-refractivity contribution < 1.29 is 17.9 Å². The van der Waals surface area contributed by atoms with Gasteiger partial charge in [-0.05, 0) is 56.2 Å². The number of benzene rings is 2. The van der Waals surface area contributed by atoms with Crippen molar-refractivity contribution in [3.8, 4) is 5.75 Å². The number of ether oxygens (including phenoxy) is 1. The summed E-state index contributed by atoms with van der Waals surface area (Å²) < 4.78 is 33.0. The number of imidazole rings is 1. The first-order valence-corrected chi connectivity index (χ1v) is 13.2. The Hall–Kier alpha value is -3.39. The van der Waals surface area contributed by atoms with Crippen LogP contribution < -0.4 is 4.74 Å². The minimum absolute atomic E-state index is 0.0359. The van der Waals surface area contributed by atoms with Crippen LogP contribution in [0.2, 0.25) is 0 Å². The Labute approximate surface area is 199 Å². The third-order valence-corrected chi connectivity index (χ3v) is 6.87. The average Bonchev–Trinajstić information content (AvgIpc) is 3.27. The van der Waals surface area contributed by atoms with E-state index in [4.69, 9.17) is 4.74 Å². The van der Waals surface area contributed by atoms with E-state index >= 15 is 0 Å². The highest BCUT2D eigenvalue weighted by molar-refractivity contribution is 7.89. The van der Waals surface area contributed by atoms with Gasteiger partial charge in [0.1, 0.15) is 17.3 Å². The van der Waals surface area contributed by atoms with E-state index in [9.17, 15) is 13.2 Å². The van der Waals surface area contributed by atoms with Crippen LogP contribution in [0.4, 0.5) is 0 Å². The van der Waals surface area contributed by atoms with Crippen LogP contribution in [-0.2, 0) is 35.1 Å². The van der Waals surface area contributed by atoms with Gasteiger partial charge in [0, 0.05) is 29.8 Å². The third-order valence-electron chi connectivity index (χ3n) is 6.08. The highest BCUT2D eigenvalue weighted by Crippen LogP contribution is 2.22. The van der Waals surface area contributed by atoms with Gasteiger partial charge in [-0.25, -0.2) is 13.4 Å². The molecular weight excluding hydrogens is 450 g/mol. The number of fused-ring (bicyclic) bond motifs is 1. The van der Waals surface area contributed by atoms with Crippen LogP contribution in [0.3, 0.4) is 0 Å². The molecule has 0 saturated carbocycles. The highest BCUT2D eigenvalue weighted by Gasteiger charge is 2.21. The normalized spacial score (nSPS) is 11.8. The molecule has 0 bridgehead atoms. The number of sulfone groups is 1. The molecule has 34 heavy (non-hydrogen) atoms. The molecule has 0 radical (unpaired) electrons. The van der Waals surface area contributed by atoms with Crippen LogP contribution in [0, 0.1) is 13.8 Å². The van der Waals surface area contributed by atoms with Gasteiger partial charge in [-0.2, -0.15) is 0 Å². The molecule has 0 aliphatic rings. The van der Waals surface area contributed by atoms with E-state index < -0.39 is 9.84 Å². The first kappa shape index (κ1) is 23.8. The lowest BCUT2D eigenvalue weighted by Gasteiger charge is -2.11. The number of hydrogen-bond acceptors (Lipinski definition) is 5. The fourth-order valence-electron chi connectivity index (χ4n) is 4.34. The number of para-hydroxylation sites is 2. The zero-order chi connectivity index (χ0) is 24.5. The molecule has 0 aliphatic heterocycles. The van der Waals surface area contributed by atoms with Crippen LogP contribution in [-0.4, -0.2) is 41.7 Å². The molecule has 0 N–H and O–H groups in total. The minimum atomic E-state index is -3.30. The van der Waals surface area contributed by atoms with E-state index in [1.807, 2.05) is 68.4 Å². The molecule has 4 aromatic rings. The Kier molecular flexibility index (Phi) is 6.61. The maximum absolute atomic E-state index is 13.4. The van der Waals surface area contributed by atoms with Gasteiger partial charge in [-0.1, -0.05) is 24.3 Å². The van der Waals surface area contributed by atoms with Gasteiger partial charge in [0.05, 0.1) is 24.7 Å². The predicted octanol–water partition coefficient (Wildman–Crippen LogP) is 4.13. The Morgan fingerprint density at radius 1 is 1.03 bits per heavy atom.